The molecule has 2 N–H and O–H groups in total. The zero-order valence-electron chi connectivity index (χ0n) is 9.22. The SMILES string of the molecule is CCC(O)(CC)CNCc1ccc(Br)s1. The average Bonchev–Trinajstić information content (AvgIpc) is 2.64. The van der Waals surface area contributed by atoms with Crippen LogP contribution in [-0.2, 0) is 6.54 Å². The van der Waals surface area contributed by atoms with Gasteiger partial charge in [-0.3, -0.25) is 0 Å². The van der Waals surface area contributed by atoms with Crippen molar-refractivity contribution in [3.8, 4) is 0 Å². The maximum atomic E-state index is 10.0. The predicted molar refractivity (Wildman–Crippen MR) is 69.3 cm³/mol. The van der Waals surface area contributed by atoms with Gasteiger partial charge in [0.15, 0.2) is 0 Å². The van der Waals surface area contributed by atoms with Gasteiger partial charge in [0.05, 0.1) is 9.39 Å². The summed E-state index contributed by atoms with van der Waals surface area (Å²) in [5.41, 5.74) is -0.547. The van der Waals surface area contributed by atoms with Crippen molar-refractivity contribution in [2.45, 2.75) is 38.8 Å². The van der Waals surface area contributed by atoms with E-state index in [2.05, 4.69) is 27.3 Å². The normalized spacial score (nSPS) is 12.0. The Morgan fingerprint density at radius 2 is 2.07 bits per heavy atom. The molecule has 1 heterocycles. The third kappa shape index (κ3) is 4.23. The van der Waals surface area contributed by atoms with Gasteiger partial charge in [-0.1, -0.05) is 13.8 Å². The fraction of sp³-hybridized carbons (Fsp3) is 0.636. The van der Waals surface area contributed by atoms with Crippen LogP contribution in [0, 0.1) is 0 Å². The Hall–Kier alpha value is 0.1000. The lowest BCUT2D eigenvalue weighted by Gasteiger charge is -2.25. The second kappa shape index (κ2) is 5.99. The summed E-state index contributed by atoms with van der Waals surface area (Å²) in [4.78, 5) is 1.29. The van der Waals surface area contributed by atoms with Crippen molar-refractivity contribution in [2.75, 3.05) is 6.54 Å². The molecule has 0 radical (unpaired) electrons. The minimum absolute atomic E-state index is 0.547. The molecule has 0 saturated carbocycles. The van der Waals surface area contributed by atoms with Gasteiger partial charge in [0.25, 0.3) is 0 Å². The van der Waals surface area contributed by atoms with E-state index in [9.17, 15) is 5.11 Å². The van der Waals surface area contributed by atoms with Crippen LogP contribution in [0.1, 0.15) is 31.6 Å². The van der Waals surface area contributed by atoms with E-state index < -0.39 is 5.60 Å². The quantitative estimate of drug-likeness (QED) is 0.844. The molecule has 0 saturated heterocycles. The lowest BCUT2D eigenvalue weighted by molar-refractivity contribution is 0.0323. The molecular weight excluding hydrogens is 274 g/mol. The van der Waals surface area contributed by atoms with Gasteiger partial charge in [-0.05, 0) is 40.9 Å². The molecule has 0 bridgehead atoms. The largest absolute Gasteiger partial charge is 0.389 e. The molecule has 1 aromatic heterocycles. The van der Waals surface area contributed by atoms with E-state index in [1.54, 1.807) is 11.3 Å². The summed E-state index contributed by atoms with van der Waals surface area (Å²) in [6.07, 6.45) is 1.59. The molecule has 0 aliphatic rings. The van der Waals surface area contributed by atoms with Crippen molar-refractivity contribution < 1.29 is 5.11 Å². The van der Waals surface area contributed by atoms with Crippen molar-refractivity contribution >= 4 is 27.3 Å². The second-order valence-corrected chi connectivity index (χ2v) is 6.29. The van der Waals surface area contributed by atoms with E-state index in [4.69, 9.17) is 0 Å². The van der Waals surface area contributed by atoms with Gasteiger partial charge in [-0.25, -0.2) is 0 Å². The highest BCUT2D eigenvalue weighted by Gasteiger charge is 2.21. The Kier molecular flexibility index (Phi) is 5.26. The summed E-state index contributed by atoms with van der Waals surface area (Å²) in [5, 5.41) is 13.3. The Morgan fingerprint density at radius 1 is 1.40 bits per heavy atom. The van der Waals surface area contributed by atoms with E-state index in [1.165, 1.54) is 4.88 Å². The Bertz CT molecular complexity index is 297. The average molecular weight is 292 g/mol. The first kappa shape index (κ1) is 13.2. The minimum Gasteiger partial charge on any atom is -0.389 e. The Balaban J connectivity index is 2.32. The van der Waals surface area contributed by atoms with Crippen molar-refractivity contribution in [3.05, 3.63) is 20.8 Å². The van der Waals surface area contributed by atoms with E-state index >= 15 is 0 Å². The third-order valence-corrected chi connectivity index (χ3v) is 4.32. The fourth-order valence-electron chi connectivity index (χ4n) is 1.37. The highest BCUT2D eigenvalue weighted by molar-refractivity contribution is 9.11. The molecule has 0 aliphatic heterocycles. The molecule has 4 heteroatoms. The van der Waals surface area contributed by atoms with Crippen LogP contribution in [0.2, 0.25) is 0 Å². The van der Waals surface area contributed by atoms with Crippen LogP contribution >= 0.6 is 27.3 Å². The van der Waals surface area contributed by atoms with Crippen molar-refractivity contribution in [1.82, 2.24) is 5.32 Å². The maximum Gasteiger partial charge on any atom is 0.0766 e. The van der Waals surface area contributed by atoms with Crippen LogP contribution in [-0.4, -0.2) is 17.3 Å². The van der Waals surface area contributed by atoms with Crippen molar-refractivity contribution in [3.63, 3.8) is 0 Å². The van der Waals surface area contributed by atoms with E-state index in [0.717, 1.165) is 23.2 Å². The standard InChI is InChI=1S/C11H18BrNOS/c1-3-11(14,4-2)8-13-7-9-5-6-10(12)15-9/h5-6,13-14H,3-4,7-8H2,1-2H3. The van der Waals surface area contributed by atoms with Crippen LogP contribution in [0.25, 0.3) is 0 Å². The lowest BCUT2D eigenvalue weighted by atomic mass is 9.98. The van der Waals surface area contributed by atoms with Crippen LogP contribution in [0.3, 0.4) is 0 Å². The molecule has 0 aromatic carbocycles. The fourth-order valence-corrected chi connectivity index (χ4v) is 2.82. The van der Waals surface area contributed by atoms with Crippen molar-refractivity contribution in [1.29, 1.82) is 0 Å². The lowest BCUT2D eigenvalue weighted by Crippen LogP contribution is -2.39. The van der Waals surface area contributed by atoms with E-state index in [0.29, 0.717) is 6.54 Å². The van der Waals surface area contributed by atoms with Crippen LogP contribution in [0.15, 0.2) is 15.9 Å². The monoisotopic (exact) mass is 291 g/mol. The minimum atomic E-state index is -0.547. The molecule has 15 heavy (non-hydrogen) atoms. The highest BCUT2D eigenvalue weighted by Crippen LogP contribution is 2.22. The number of aliphatic hydroxyl groups is 1. The van der Waals surface area contributed by atoms with Gasteiger partial charge in [-0.2, -0.15) is 0 Å². The molecule has 0 unspecified atom stereocenters. The zero-order chi connectivity index (χ0) is 11.3. The smallest absolute Gasteiger partial charge is 0.0766 e. The van der Waals surface area contributed by atoms with E-state index in [1.807, 2.05) is 19.9 Å². The second-order valence-electron chi connectivity index (χ2n) is 3.74. The molecular formula is C11H18BrNOS. The molecule has 1 aromatic rings. The van der Waals surface area contributed by atoms with E-state index in [-0.39, 0.29) is 0 Å². The Labute approximate surface area is 104 Å². The van der Waals surface area contributed by atoms with Gasteiger partial charge in [-0.15, -0.1) is 11.3 Å². The summed E-state index contributed by atoms with van der Waals surface area (Å²) in [5.74, 6) is 0. The maximum absolute atomic E-state index is 10.0. The summed E-state index contributed by atoms with van der Waals surface area (Å²) in [6, 6.07) is 4.15. The number of nitrogens with one attached hydrogen (secondary N) is 1. The van der Waals surface area contributed by atoms with Crippen molar-refractivity contribution in [2.24, 2.45) is 0 Å². The summed E-state index contributed by atoms with van der Waals surface area (Å²) in [7, 11) is 0. The van der Waals surface area contributed by atoms with Crippen LogP contribution < -0.4 is 5.32 Å². The van der Waals surface area contributed by atoms with Crippen LogP contribution in [0.4, 0.5) is 0 Å². The number of thiophene rings is 1. The van der Waals surface area contributed by atoms with Gasteiger partial charge in [0, 0.05) is 18.0 Å². The first-order chi connectivity index (χ1) is 7.09. The summed E-state index contributed by atoms with van der Waals surface area (Å²) < 4.78 is 1.15. The molecule has 0 amide bonds. The molecule has 0 spiro atoms. The first-order valence-corrected chi connectivity index (χ1v) is 6.88. The summed E-state index contributed by atoms with van der Waals surface area (Å²) >= 11 is 5.16. The molecule has 0 aliphatic carbocycles. The Morgan fingerprint density at radius 3 is 2.53 bits per heavy atom. The van der Waals surface area contributed by atoms with Gasteiger partial charge >= 0.3 is 0 Å². The number of rotatable bonds is 6. The molecule has 0 fully saturated rings. The van der Waals surface area contributed by atoms with Gasteiger partial charge in [0.2, 0.25) is 0 Å². The highest BCUT2D eigenvalue weighted by atomic mass is 79.9. The van der Waals surface area contributed by atoms with Crippen LogP contribution in [0.5, 0.6) is 0 Å². The number of halogens is 1. The van der Waals surface area contributed by atoms with Gasteiger partial charge < -0.3 is 10.4 Å². The first-order valence-electron chi connectivity index (χ1n) is 5.27. The number of hydrogen-bond donors (Lipinski definition) is 2. The molecule has 0 atom stereocenters. The van der Waals surface area contributed by atoms with Gasteiger partial charge in [0.1, 0.15) is 0 Å². The molecule has 1 rings (SSSR count). The molecule has 2 nitrogen and oxygen atoms in total. The predicted octanol–water partition coefficient (Wildman–Crippen LogP) is 3.15. The topological polar surface area (TPSA) is 32.3 Å². The number of hydrogen-bond acceptors (Lipinski definition) is 3. The zero-order valence-corrected chi connectivity index (χ0v) is 11.6. The summed E-state index contributed by atoms with van der Waals surface area (Å²) in [6.45, 7) is 5.54. The molecule has 86 valence electrons. The third-order valence-electron chi connectivity index (χ3n) is 2.70.